The van der Waals surface area contributed by atoms with Crippen molar-refractivity contribution in [2.24, 2.45) is 0 Å². The summed E-state index contributed by atoms with van der Waals surface area (Å²) < 4.78 is 6.03. The number of urea groups is 1. The van der Waals surface area contributed by atoms with Crippen LogP contribution < -0.4 is 15.0 Å². The number of rotatable bonds is 4. The lowest BCUT2D eigenvalue weighted by Gasteiger charge is -2.37. The van der Waals surface area contributed by atoms with E-state index in [1.807, 2.05) is 18.2 Å². The molecule has 0 bridgehead atoms. The maximum atomic E-state index is 12.2. The molecular formula is C15H19N5O2S. The molecule has 8 heteroatoms. The number of amides is 2. The molecule has 0 aliphatic carbocycles. The zero-order chi connectivity index (χ0) is 16.2. The number of ether oxygens (including phenoxy) is 1. The van der Waals surface area contributed by atoms with E-state index in [0.29, 0.717) is 11.7 Å². The molecule has 1 aromatic heterocycles. The summed E-state index contributed by atoms with van der Waals surface area (Å²) in [4.78, 5) is 16.0. The Labute approximate surface area is 138 Å². The molecule has 23 heavy (non-hydrogen) atoms. The number of aromatic nitrogens is 2. The molecule has 1 aliphatic rings. The van der Waals surface area contributed by atoms with Gasteiger partial charge in [0.05, 0.1) is 18.8 Å². The van der Waals surface area contributed by atoms with Crippen molar-refractivity contribution >= 4 is 28.2 Å². The molecule has 1 atom stereocenters. The van der Waals surface area contributed by atoms with Crippen LogP contribution in [0.2, 0.25) is 0 Å². The monoisotopic (exact) mass is 333 g/mol. The fourth-order valence-electron chi connectivity index (χ4n) is 2.58. The van der Waals surface area contributed by atoms with E-state index >= 15 is 0 Å². The molecule has 7 nitrogen and oxygen atoms in total. The standard InChI is InChI=1S/C15H19N5O2S/c1-3-20-9-11(22-13-7-5-4-6-12(13)20)8-19(2)15(21)17-14-18-16-10-23-14/h4-7,10-11H,3,8-9H2,1-2H3,(H,17,18,21)/t11-/m0/s1. The molecule has 122 valence electrons. The van der Waals surface area contributed by atoms with Gasteiger partial charge in [-0.15, -0.1) is 10.2 Å². The highest BCUT2D eigenvalue weighted by Gasteiger charge is 2.26. The molecule has 0 saturated carbocycles. The van der Waals surface area contributed by atoms with Gasteiger partial charge in [0.1, 0.15) is 17.4 Å². The van der Waals surface area contributed by atoms with Gasteiger partial charge in [-0.2, -0.15) is 0 Å². The van der Waals surface area contributed by atoms with Gasteiger partial charge in [-0.3, -0.25) is 5.32 Å². The molecule has 1 N–H and O–H groups in total. The highest BCUT2D eigenvalue weighted by atomic mass is 32.1. The number of likely N-dealkylation sites (N-methyl/N-ethyl adjacent to an activating group) is 2. The second-order valence-corrected chi connectivity index (χ2v) is 6.13. The molecule has 1 aliphatic heterocycles. The lowest BCUT2D eigenvalue weighted by Crippen LogP contribution is -2.47. The van der Waals surface area contributed by atoms with Crippen molar-refractivity contribution in [2.45, 2.75) is 13.0 Å². The maximum absolute atomic E-state index is 12.2. The molecule has 2 amide bonds. The van der Waals surface area contributed by atoms with Crippen LogP contribution in [0.5, 0.6) is 5.75 Å². The third kappa shape index (κ3) is 3.53. The number of carbonyl (C=O) groups is 1. The van der Waals surface area contributed by atoms with Crippen LogP contribution in [0, 0.1) is 0 Å². The fourth-order valence-corrected chi connectivity index (χ4v) is 3.01. The minimum atomic E-state index is -0.216. The first-order chi connectivity index (χ1) is 11.2. The van der Waals surface area contributed by atoms with Gasteiger partial charge >= 0.3 is 6.03 Å². The first kappa shape index (κ1) is 15.5. The van der Waals surface area contributed by atoms with Crippen LogP contribution >= 0.6 is 11.3 Å². The topological polar surface area (TPSA) is 70.6 Å². The van der Waals surface area contributed by atoms with Crippen LogP contribution in [0.3, 0.4) is 0 Å². The van der Waals surface area contributed by atoms with Crippen LogP contribution in [-0.2, 0) is 0 Å². The molecule has 2 aromatic rings. The molecular weight excluding hydrogens is 314 g/mol. The van der Waals surface area contributed by atoms with Crippen molar-refractivity contribution in [3.05, 3.63) is 29.8 Å². The van der Waals surface area contributed by atoms with Crippen molar-refractivity contribution in [1.29, 1.82) is 0 Å². The Morgan fingerprint density at radius 3 is 3.09 bits per heavy atom. The van der Waals surface area contributed by atoms with Crippen LogP contribution in [0.4, 0.5) is 15.6 Å². The van der Waals surface area contributed by atoms with Crippen LogP contribution in [0.1, 0.15) is 6.92 Å². The summed E-state index contributed by atoms with van der Waals surface area (Å²) in [5.74, 6) is 0.864. The highest BCUT2D eigenvalue weighted by molar-refractivity contribution is 7.13. The van der Waals surface area contributed by atoms with Gasteiger partial charge in [0.15, 0.2) is 0 Å². The minimum Gasteiger partial charge on any atom is -0.485 e. The number of hydrogen-bond acceptors (Lipinski definition) is 6. The molecule has 0 radical (unpaired) electrons. The SMILES string of the molecule is CCN1C[C@H](CN(C)C(=O)Nc2nncs2)Oc2ccccc21. The van der Waals surface area contributed by atoms with Gasteiger partial charge in [0.2, 0.25) is 5.13 Å². The Morgan fingerprint density at radius 2 is 2.35 bits per heavy atom. The lowest BCUT2D eigenvalue weighted by molar-refractivity contribution is 0.150. The van der Waals surface area contributed by atoms with E-state index in [1.165, 1.54) is 11.3 Å². The van der Waals surface area contributed by atoms with Crippen LogP contribution in [0.15, 0.2) is 29.8 Å². The Kier molecular flexibility index (Phi) is 4.61. The summed E-state index contributed by atoms with van der Waals surface area (Å²) in [5, 5.41) is 10.7. The number of fused-ring (bicyclic) bond motifs is 1. The van der Waals surface area contributed by atoms with Crippen molar-refractivity contribution in [3.63, 3.8) is 0 Å². The van der Waals surface area contributed by atoms with E-state index in [1.54, 1.807) is 17.5 Å². The van der Waals surface area contributed by atoms with E-state index in [9.17, 15) is 4.79 Å². The predicted molar refractivity (Wildman–Crippen MR) is 90.3 cm³/mol. The summed E-state index contributed by atoms with van der Waals surface area (Å²) in [7, 11) is 1.75. The van der Waals surface area contributed by atoms with Gasteiger partial charge in [-0.25, -0.2) is 4.79 Å². The summed E-state index contributed by atoms with van der Waals surface area (Å²) in [5.41, 5.74) is 2.68. The zero-order valence-corrected chi connectivity index (χ0v) is 13.9. The minimum absolute atomic E-state index is 0.0741. The van der Waals surface area contributed by atoms with Crippen molar-refractivity contribution < 1.29 is 9.53 Å². The molecule has 0 fully saturated rings. The average Bonchev–Trinajstić information content (AvgIpc) is 3.07. The molecule has 0 saturated heterocycles. The number of carbonyl (C=O) groups excluding carboxylic acids is 1. The van der Waals surface area contributed by atoms with E-state index in [-0.39, 0.29) is 12.1 Å². The number of nitrogens with zero attached hydrogens (tertiary/aromatic N) is 4. The fraction of sp³-hybridized carbons (Fsp3) is 0.400. The molecule has 0 unspecified atom stereocenters. The van der Waals surface area contributed by atoms with E-state index in [0.717, 1.165) is 24.5 Å². The molecule has 2 heterocycles. The summed E-state index contributed by atoms with van der Waals surface area (Å²) in [6.07, 6.45) is -0.0741. The van der Waals surface area contributed by atoms with E-state index in [4.69, 9.17) is 4.74 Å². The van der Waals surface area contributed by atoms with Gasteiger partial charge < -0.3 is 14.5 Å². The van der Waals surface area contributed by atoms with E-state index < -0.39 is 0 Å². The van der Waals surface area contributed by atoms with Crippen molar-refractivity contribution in [1.82, 2.24) is 15.1 Å². The normalized spacial score (nSPS) is 16.4. The smallest absolute Gasteiger partial charge is 0.323 e. The molecule has 0 spiro atoms. The number of benzene rings is 1. The number of hydrogen-bond donors (Lipinski definition) is 1. The average molecular weight is 333 g/mol. The predicted octanol–water partition coefficient (Wildman–Crippen LogP) is 2.29. The summed E-state index contributed by atoms with van der Waals surface area (Å²) in [6, 6.07) is 7.77. The number of anilines is 2. The summed E-state index contributed by atoms with van der Waals surface area (Å²) in [6.45, 7) is 4.27. The lowest BCUT2D eigenvalue weighted by atomic mass is 10.2. The quantitative estimate of drug-likeness (QED) is 0.929. The Hall–Kier alpha value is -2.35. The van der Waals surface area contributed by atoms with Gasteiger partial charge in [-0.1, -0.05) is 23.5 Å². The maximum Gasteiger partial charge on any atom is 0.323 e. The first-order valence-electron chi connectivity index (χ1n) is 7.46. The Bertz CT molecular complexity index is 664. The number of para-hydroxylation sites is 2. The van der Waals surface area contributed by atoms with Crippen LogP contribution in [-0.4, -0.2) is 53.9 Å². The van der Waals surface area contributed by atoms with Gasteiger partial charge in [0, 0.05) is 13.6 Å². The first-order valence-corrected chi connectivity index (χ1v) is 8.34. The highest BCUT2D eigenvalue weighted by Crippen LogP contribution is 2.32. The number of nitrogens with one attached hydrogen (secondary N) is 1. The largest absolute Gasteiger partial charge is 0.485 e. The molecule has 3 rings (SSSR count). The second-order valence-electron chi connectivity index (χ2n) is 5.30. The zero-order valence-electron chi connectivity index (χ0n) is 13.1. The second kappa shape index (κ2) is 6.82. The van der Waals surface area contributed by atoms with Gasteiger partial charge in [0.25, 0.3) is 0 Å². The van der Waals surface area contributed by atoms with Crippen molar-refractivity contribution in [3.8, 4) is 5.75 Å². The third-order valence-corrected chi connectivity index (χ3v) is 4.31. The Balaban J connectivity index is 1.63. The van der Waals surface area contributed by atoms with Crippen molar-refractivity contribution in [2.75, 3.05) is 36.9 Å². The molecule has 1 aromatic carbocycles. The van der Waals surface area contributed by atoms with Gasteiger partial charge in [-0.05, 0) is 19.1 Å². The van der Waals surface area contributed by atoms with Crippen LogP contribution in [0.25, 0.3) is 0 Å². The third-order valence-electron chi connectivity index (χ3n) is 3.70. The summed E-state index contributed by atoms with van der Waals surface area (Å²) >= 11 is 1.29. The Morgan fingerprint density at radius 1 is 1.52 bits per heavy atom. The van der Waals surface area contributed by atoms with E-state index in [2.05, 4.69) is 33.4 Å².